The molecule has 0 spiro atoms. The van der Waals surface area contributed by atoms with Crippen LogP contribution in [0.3, 0.4) is 0 Å². The molecule has 1 saturated heterocycles. The first-order chi connectivity index (χ1) is 5.34. The first-order valence-electron chi connectivity index (χ1n) is 4.55. The molecule has 2 nitrogen and oxygen atoms in total. The zero-order chi connectivity index (χ0) is 8.10. The SMILES string of the molecule is [CH2]CCCC1NCCCC1O. The van der Waals surface area contributed by atoms with Crippen LogP contribution in [0.2, 0.25) is 0 Å². The van der Waals surface area contributed by atoms with Gasteiger partial charge in [0, 0.05) is 6.04 Å². The maximum absolute atomic E-state index is 9.51. The molecule has 2 atom stereocenters. The van der Waals surface area contributed by atoms with E-state index in [0.29, 0.717) is 6.04 Å². The van der Waals surface area contributed by atoms with Crippen LogP contribution in [0.1, 0.15) is 32.1 Å². The van der Waals surface area contributed by atoms with Crippen molar-refractivity contribution in [3.8, 4) is 0 Å². The number of aliphatic hydroxyl groups excluding tert-OH is 1. The first kappa shape index (κ1) is 9.01. The van der Waals surface area contributed by atoms with Crippen LogP contribution >= 0.6 is 0 Å². The fourth-order valence-corrected chi connectivity index (χ4v) is 1.59. The summed E-state index contributed by atoms with van der Waals surface area (Å²) in [5.74, 6) is 0. The number of rotatable bonds is 3. The van der Waals surface area contributed by atoms with Gasteiger partial charge in [0.2, 0.25) is 0 Å². The van der Waals surface area contributed by atoms with E-state index in [1.807, 2.05) is 0 Å². The summed E-state index contributed by atoms with van der Waals surface area (Å²) in [6.45, 7) is 4.85. The Morgan fingerprint density at radius 1 is 1.55 bits per heavy atom. The largest absolute Gasteiger partial charge is 0.392 e. The van der Waals surface area contributed by atoms with Crippen LogP contribution in [-0.4, -0.2) is 23.8 Å². The number of piperidine rings is 1. The minimum Gasteiger partial charge on any atom is -0.392 e. The van der Waals surface area contributed by atoms with E-state index < -0.39 is 0 Å². The molecular formula is C9H18NO. The van der Waals surface area contributed by atoms with Gasteiger partial charge in [0.15, 0.2) is 0 Å². The molecule has 0 bridgehead atoms. The van der Waals surface area contributed by atoms with E-state index in [9.17, 15) is 5.11 Å². The van der Waals surface area contributed by atoms with Crippen LogP contribution in [0.4, 0.5) is 0 Å². The van der Waals surface area contributed by atoms with Gasteiger partial charge in [-0.3, -0.25) is 0 Å². The second kappa shape index (κ2) is 4.73. The Morgan fingerprint density at radius 3 is 3.00 bits per heavy atom. The second-order valence-corrected chi connectivity index (χ2v) is 3.27. The lowest BCUT2D eigenvalue weighted by molar-refractivity contribution is 0.0916. The van der Waals surface area contributed by atoms with E-state index >= 15 is 0 Å². The Balaban J connectivity index is 2.18. The summed E-state index contributed by atoms with van der Waals surface area (Å²) in [7, 11) is 0. The Bertz CT molecular complexity index is 106. The van der Waals surface area contributed by atoms with Crippen LogP contribution < -0.4 is 5.32 Å². The normalized spacial score (nSPS) is 32.2. The highest BCUT2D eigenvalue weighted by atomic mass is 16.3. The number of unbranched alkanes of at least 4 members (excludes halogenated alkanes) is 1. The molecule has 0 saturated carbocycles. The highest BCUT2D eigenvalue weighted by molar-refractivity contribution is 4.80. The molecule has 0 amide bonds. The third-order valence-electron chi connectivity index (χ3n) is 2.31. The van der Waals surface area contributed by atoms with Gasteiger partial charge in [0.25, 0.3) is 0 Å². The zero-order valence-electron chi connectivity index (χ0n) is 7.05. The van der Waals surface area contributed by atoms with Gasteiger partial charge in [-0.15, -0.1) is 0 Å². The van der Waals surface area contributed by atoms with Crippen LogP contribution in [-0.2, 0) is 0 Å². The Hall–Kier alpha value is -0.0800. The lowest BCUT2D eigenvalue weighted by atomic mass is 9.97. The topological polar surface area (TPSA) is 32.3 Å². The van der Waals surface area contributed by atoms with E-state index in [2.05, 4.69) is 12.2 Å². The van der Waals surface area contributed by atoms with Crippen LogP contribution in [0.15, 0.2) is 0 Å². The van der Waals surface area contributed by atoms with E-state index in [1.54, 1.807) is 0 Å². The highest BCUT2D eigenvalue weighted by Gasteiger charge is 2.20. The quantitative estimate of drug-likeness (QED) is 0.641. The molecule has 0 aromatic rings. The fourth-order valence-electron chi connectivity index (χ4n) is 1.59. The number of nitrogens with one attached hydrogen (secondary N) is 1. The molecule has 2 N–H and O–H groups in total. The van der Waals surface area contributed by atoms with Gasteiger partial charge in [-0.2, -0.15) is 0 Å². The van der Waals surface area contributed by atoms with Gasteiger partial charge < -0.3 is 10.4 Å². The second-order valence-electron chi connectivity index (χ2n) is 3.27. The Labute approximate surface area is 69.0 Å². The van der Waals surface area contributed by atoms with E-state index in [1.165, 1.54) is 0 Å². The summed E-state index contributed by atoms with van der Waals surface area (Å²) in [5.41, 5.74) is 0. The van der Waals surface area contributed by atoms with Crippen molar-refractivity contribution in [2.45, 2.75) is 44.2 Å². The fraction of sp³-hybridized carbons (Fsp3) is 0.889. The lowest BCUT2D eigenvalue weighted by Gasteiger charge is -2.28. The lowest BCUT2D eigenvalue weighted by Crippen LogP contribution is -2.44. The molecule has 11 heavy (non-hydrogen) atoms. The van der Waals surface area contributed by atoms with Crippen molar-refractivity contribution in [1.82, 2.24) is 5.32 Å². The summed E-state index contributed by atoms with van der Waals surface area (Å²) in [4.78, 5) is 0. The monoisotopic (exact) mass is 156 g/mol. The molecular weight excluding hydrogens is 138 g/mol. The van der Waals surface area contributed by atoms with Crippen molar-refractivity contribution in [3.05, 3.63) is 6.92 Å². The molecule has 2 unspecified atom stereocenters. The molecule has 1 aliphatic heterocycles. The maximum atomic E-state index is 9.51. The van der Waals surface area contributed by atoms with Crippen molar-refractivity contribution >= 4 is 0 Å². The predicted molar refractivity (Wildman–Crippen MR) is 46.2 cm³/mol. The standard InChI is InChI=1S/C9H18NO/c1-2-3-5-8-9(11)6-4-7-10-8/h8-11H,1-7H2. The van der Waals surface area contributed by atoms with Crippen LogP contribution in [0.25, 0.3) is 0 Å². The van der Waals surface area contributed by atoms with Gasteiger partial charge in [-0.05, 0) is 25.8 Å². The molecule has 1 fully saturated rings. The summed E-state index contributed by atoms with van der Waals surface area (Å²) < 4.78 is 0. The molecule has 0 aromatic carbocycles. The summed E-state index contributed by atoms with van der Waals surface area (Å²) in [6, 6.07) is 0.338. The Kier molecular flexibility index (Phi) is 3.87. The molecule has 1 heterocycles. The van der Waals surface area contributed by atoms with Crippen molar-refractivity contribution in [3.63, 3.8) is 0 Å². The smallest absolute Gasteiger partial charge is 0.0693 e. The molecule has 0 aliphatic carbocycles. The number of hydrogen-bond donors (Lipinski definition) is 2. The summed E-state index contributed by atoms with van der Waals surface area (Å²) in [5, 5.41) is 12.8. The summed E-state index contributed by atoms with van der Waals surface area (Å²) >= 11 is 0. The van der Waals surface area contributed by atoms with Crippen molar-refractivity contribution < 1.29 is 5.11 Å². The number of aliphatic hydroxyl groups is 1. The minimum absolute atomic E-state index is 0.115. The molecule has 2 heteroatoms. The van der Waals surface area contributed by atoms with Gasteiger partial charge in [0.1, 0.15) is 0 Å². The van der Waals surface area contributed by atoms with Crippen LogP contribution in [0, 0.1) is 6.92 Å². The molecule has 1 radical (unpaired) electrons. The van der Waals surface area contributed by atoms with E-state index in [-0.39, 0.29) is 6.10 Å². The van der Waals surface area contributed by atoms with Crippen LogP contribution in [0.5, 0.6) is 0 Å². The zero-order valence-corrected chi connectivity index (χ0v) is 7.05. The molecule has 65 valence electrons. The van der Waals surface area contributed by atoms with Crippen molar-refractivity contribution in [2.75, 3.05) is 6.54 Å². The molecule has 1 aliphatic rings. The predicted octanol–water partition coefficient (Wildman–Crippen LogP) is 1.10. The van der Waals surface area contributed by atoms with E-state index in [0.717, 1.165) is 38.6 Å². The van der Waals surface area contributed by atoms with Gasteiger partial charge in [0.05, 0.1) is 6.10 Å². The maximum Gasteiger partial charge on any atom is 0.0693 e. The van der Waals surface area contributed by atoms with Gasteiger partial charge in [-0.25, -0.2) is 0 Å². The highest BCUT2D eigenvalue weighted by Crippen LogP contribution is 2.13. The third-order valence-corrected chi connectivity index (χ3v) is 2.31. The van der Waals surface area contributed by atoms with Gasteiger partial charge in [-0.1, -0.05) is 19.8 Å². The third kappa shape index (κ3) is 2.80. The van der Waals surface area contributed by atoms with E-state index in [4.69, 9.17) is 0 Å². The average Bonchev–Trinajstić information content (AvgIpc) is 2.03. The number of hydrogen-bond acceptors (Lipinski definition) is 2. The summed E-state index contributed by atoms with van der Waals surface area (Å²) in [6.07, 6.45) is 5.14. The van der Waals surface area contributed by atoms with Gasteiger partial charge >= 0.3 is 0 Å². The Morgan fingerprint density at radius 2 is 2.36 bits per heavy atom. The minimum atomic E-state index is -0.115. The van der Waals surface area contributed by atoms with Crippen molar-refractivity contribution in [2.24, 2.45) is 0 Å². The average molecular weight is 156 g/mol. The molecule has 1 rings (SSSR count). The molecule has 0 aromatic heterocycles. The first-order valence-corrected chi connectivity index (χ1v) is 4.55. The van der Waals surface area contributed by atoms with Crippen molar-refractivity contribution in [1.29, 1.82) is 0 Å².